The number of rotatable bonds is 2. The molecule has 1 saturated heterocycles. The van der Waals surface area contributed by atoms with E-state index in [1.54, 1.807) is 0 Å². The summed E-state index contributed by atoms with van der Waals surface area (Å²) in [5.74, 6) is 0. The summed E-state index contributed by atoms with van der Waals surface area (Å²) < 4.78 is 5.95. The van der Waals surface area contributed by atoms with E-state index in [9.17, 15) is 5.11 Å². The molecule has 2 aliphatic rings. The van der Waals surface area contributed by atoms with E-state index in [1.807, 2.05) is 14.0 Å². The molecule has 0 aromatic heterocycles. The van der Waals surface area contributed by atoms with Crippen molar-refractivity contribution in [2.75, 3.05) is 13.6 Å². The average Bonchev–Trinajstić information content (AvgIpc) is 2.22. The van der Waals surface area contributed by atoms with E-state index in [0.717, 1.165) is 13.0 Å². The molecule has 0 aromatic carbocycles. The number of aliphatic hydroxyl groups is 1. The molecule has 3 nitrogen and oxygen atoms in total. The predicted octanol–water partition coefficient (Wildman–Crippen LogP) is 0.444. The minimum absolute atomic E-state index is 0.234. The van der Waals surface area contributed by atoms with Gasteiger partial charge in [-0.2, -0.15) is 0 Å². The van der Waals surface area contributed by atoms with Crippen molar-refractivity contribution in [1.29, 1.82) is 0 Å². The molecule has 2 rings (SSSR count). The van der Waals surface area contributed by atoms with Crippen molar-refractivity contribution < 1.29 is 9.84 Å². The van der Waals surface area contributed by atoms with E-state index < -0.39 is 0 Å². The lowest BCUT2D eigenvalue weighted by atomic mass is 9.90. The monoisotopic (exact) mass is 183 g/mol. The summed E-state index contributed by atoms with van der Waals surface area (Å²) in [6, 6.07) is 0. The first-order valence-electron chi connectivity index (χ1n) is 4.81. The largest absolute Gasteiger partial charge is 0.393 e. The molecule has 13 heavy (non-hydrogen) atoms. The molecule has 3 heteroatoms. The molecule has 0 radical (unpaired) electrons. The van der Waals surface area contributed by atoms with Crippen LogP contribution in [-0.4, -0.2) is 36.0 Å². The Kier molecular flexibility index (Phi) is 1.98. The van der Waals surface area contributed by atoms with Gasteiger partial charge in [0.1, 0.15) is 5.60 Å². The van der Waals surface area contributed by atoms with Gasteiger partial charge in [0.25, 0.3) is 0 Å². The zero-order valence-corrected chi connectivity index (χ0v) is 8.21. The van der Waals surface area contributed by atoms with Crippen molar-refractivity contribution in [3.05, 3.63) is 12.2 Å². The molecule has 1 fully saturated rings. The molecular weight excluding hydrogens is 166 g/mol. The normalized spacial score (nSPS) is 48.4. The van der Waals surface area contributed by atoms with Crippen LogP contribution in [0.25, 0.3) is 0 Å². The van der Waals surface area contributed by atoms with E-state index >= 15 is 0 Å². The minimum Gasteiger partial charge on any atom is -0.393 e. The lowest BCUT2D eigenvalue weighted by Gasteiger charge is -2.41. The predicted molar refractivity (Wildman–Crippen MR) is 50.5 cm³/mol. The smallest absolute Gasteiger partial charge is 0.102 e. The van der Waals surface area contributed by atoms with Crippen LogP contribution in [0.2, 0.25) is 0 Å². The maximum absolute atomic E-state index is 9.70. The summed E-state index contributed by atoms with van der Waals surface area (Å²) in [7, 11) is 1.91. The van der Waals surface area contributed by atoms with Gasteiger partial charge >= 0.3 is 0 Å². The van der Waals surface area contributed by atoms with Gasteiger partial charge in [-0.3, -0.25) is 0 Å². The number of hydrogen-bond donors (Lipinski definition) is 2. The third-order valence-corrected chi connectivity index (χ3v) is 2.87. The molecule has 2 N–H and O–H groups in total. The number of likely N-dealkylation sites (N-methyl/N-ethyl adjacent to an activating group) is 1. The van der Waals surface area contributed by atoms with E-state index in [0.29, 0.717) is 6.42 Å². The second kappa shape index (κ2) is 2.80. The van der Waals surface area contributed by atoms with Gasteiger partial charge in [0.15, 0.2) is 0 Å². The van der Waals surface area contributed by atoms with Crippen LogP contribution in [0.3, 0.4) is 0 Å². The highest BCUT2D eigenvalue weighted by atomic mass is 16.5. The van der Waals surface area contributed by atoms with Crippen molar-refractivity contribution in [2.24, 2.45) is 0 Å². The Labute approximate surface area is 78.8 Å². The van der Waals surface area contributed by atoms with Gasteiger partial charge in [-0.25, -0.2) is 0 Å². The van der Waals surface area contributed by atoms with Crippen molar-refractivity contribution in [3.8, 4) is 0 Å². The second-order valence-electron chi connectivity index (χ2n) is 4.41. The average molecular weight is 183 g/mol. The quantitative estimate of drug-likeness (QED) is 0.611. The molecule has 0 saturated carbocycles. The van der Waals surface area contributed by atoms with Gasteiger partial charge in [0.2, 0.25) is 0 Å². The Hall–Kier alpha value is -0.380. The van der Waals surface area contributed by atoms with E-state index in [2.05, 4.69) is 17.5 Å². The molecular formula is C10H17NO2. The number of hydrogen-bond acceptors (Lipinski definition) is 3. The Bertz CT molecular complexity index is 241. The number of nitrogens with one attached hydrogen (secondary N) is 1. The summed E-state index contributed by atoms with van der Waals surface area (Å²) in [4.78, 5) is 0. The van der Waals surface area contributed by atoms with Gasteiger partial charge in [-0.15, -0.1) is 0 Å². The number of fused-ring (bicyclic) bond motifs is 2. The first kappa shape index (κ1) is 9.19. The van der Waals surface area contributed by atoms with Crippen LogP contribution in [0.15, 0.2) is 12.2 Å². The van der Waals surface area contributed by atoms with Crippen molar-refractivity contribution in [2.45, 2.75) is 37.1 Å². The second-order valence-corrected chi connectivity index (χ2v) is 4.41. The van der Waals surface area contributed by atoms with Crippen molar-refractivity contribution in [1.82, 2.24) is 5.32 Å². The van der Waals surface area contributed by atoms with Gasteiger partial charge in [-0.1, -0.05) is 12.2 Å². The van der Waals surface area contributed by atoms with Gasteiger partial charge < -0.3 is 15.2 Å². The molecule has 0 amide bonds. The summed E-state index contributed by atoms with van der Waals surface area (Å²) >= 11 is 0. The highest BCUT2D eigenvalue weighted by Gasteiger charge is 2.48. The van der Waals surface area contributed by atoms with Crippen LogP contribution < -0.4 is 5.32 Å². The molecule has 3 atom stereocenters. The summed E-state index contributed by atoms with van der Waals surface area (Å²) in [5, 5.41) is 12.8. The lowest BCUT2D eigenvalue weighted by molar-refractivity contribution is -0.148. The first-order chi connectivity index (χ1) is 6.08. The zero-order valence-electron chi connectivity index (χ0n) is 8.21. The fourth-order valence-corrected chi connectivity index (χ4v) is 2.49. The summed E-state index contributed by atoms with van der Waals surface area (Å²) in [6.07, 6.45) is 5.37. The van der Waals surface area contributed by atoms with Gasteiger partial charge in [0, 0.05) is 19.4 Å². The molecule has 0 aromatic rings. The van der Waals surface area contributed by atoms with Gasteiger partial charge in [0.05, 0.1) is 11.7 Å². The summed E-state index contributed by atoms with van der Waals surface area (Å²) in [5.41, 5.74) is -0.504. The standard InChI is InChI=1S/C10H17NO2/c1-9-3-4-10(13-9,7-11-2)6-8(12)5-9/h3-4,8,11-12H,5-7H2,1-2H3/t8-,9-,10+/m1/s1. The fourth-order valence-electron chi connectivity index (χ4n) is 2.49. The van der Waals surface area contributed by atoms with Crippen LogP contribution in [0.5, 0.6) is 0 Å². The van der Waals surface area contributed by atoms with Crippen LogP contribution in [-0.2, 0) is 4.74 Å². The maximum Gasteiger partial charge on any atom is 0.102 e. The van der Waals surface area contributed by atoms with Gasteiger partial charge in [-0.05, 0) is 14.0 Å². The first-order valence-corrected chi connectivity index (χ1v) is 4.81. The molecule has 2 bridgehead atoms. The third kappa shape index (κ3) is 1.52. The molecule has 2 heterocycles. The molecule has 74 valence electrons. The van der Waals surface area contributed by atoms with E-state index in [-0.39, 0.29) is 17.3 Å². The summed E-state index contributed by atoms with van der Waals surface area (Å²) in [6.45, 7) is 2.80. The van der Waals surface area contributed by atoms with E-state index in [1.165, 1.54) is 0 Å². The molecule has 0 unspecified atom stereocenters. The lowest BCUT2D eigenvalue weighted by Crippen LogP contribution is -2.50. The molecule has 0 spiro atoms. The Balaban J connectivity index is 2.19. The van der Waals surface area contributed by atoms with Crippen LogP contribution in [0.4, 0.5) is 0 Å². The van der Waals surface area contributed by atoms with Crippen molar-refractivity contribution >= 4 is 0 Å². The Morgan fingerprint density at radius 2 is 2.31 bits per heavy atom. The molecule has 0 aliphatic carbocycles. The minimum atomic E-state index is -0.263. The van der Waals surface area contributed by atoms with Crippen molar-refractivity contribution in [3.63, 3.8) is 0 Å². The number of ether oxygens (including phenoxy) is 1. The Morgan fingerprint density at radius 1 is 1.54 bits per heavy atom. The highest BCUT2D eigenvalue weighted by molar-refractivity contribution is 5.21. The Morgan fingerprint density at radius 3 is 3.00 bits per heavy atom. The zero-order chi connectivity index (χ0) is 9.53. The SMILES string of the molecule is CNC[C@]12C=C[C@](C)(C[C@@H](O)C1)O2. The topological polar surface area (TPSA) is 41.5 Å². The number of aliphatic hydroxyl groups excluding tert-OH is 1. The highest BCUT2D eigenvalue weighted by Crippen LogP contribution is 2.42. The fraction of sp³-hybridized carbons (Fsp3) is 0.800. The van der Waals surface area contributed by atoms with Crippen LogP contribution in [0, 0.1) is 0 Å². The maximum atomic E-state index is 9.70. The van der Waals surface area contributed by atoms with Crippen LogP contribution in [0.1, 0.15) is 19.8 Å². The van der Waals surface area contributed by atoms with Crippen LogP contribution >= 0.6 is 0 Å². The molecule has 2 aliphatic heterocycles. The van der Waals surface area contributed by atoms with E-state index in [4.69, 9.17) is 4.74 Å². The third-order valence-electron chi connectivity index (χ3n) is 2.87.